The molecule has 0 saturated carbocycles. The van der Waals surface area contributed by atoms with Crippen LogP contribution in [0, 0.1) is 0 Å². The summed E-state index contributed by atoms with van der Waals surface area (Å²) in [5, 5.41) is 3.58. The molecule has 3 N–H and O–H groups in total. The molecule has 2 rings (SSSR count). The smallest absolute Gasteiger partial charge is 0.234 e. The van der Waals surface area contributed by atoms with Crippen LogP contribution in [0.15, 0.2) is 53.4 Å². The van der Waals surface area contributed by atoms with Gasteiger partial charge in [0.05, 0.1) is 17.2 Å². The second kappa shape index (κ2) is 9.61. The molecular weight excluding hydrogens is 364 g/mol. The summed E-state index contributed by atoms with van der Waals surface area (Å²) in [6, 6.07) is 14.9. The predicted molar refractivity (Wildman–Crippen MR) is 103 cm³/mol. The predicted octanol–water partition coefficient (Wildman–Crippen LogP) is 3.79. The third-order valence-electron chi connectivity index (χ3n) is 2.95. The number of thioether (sulfide) groups is 2. The molecule has 2 aromatic carbocycles. The molecule has 0 fully saturated rings. The number of carbonyl (C=O) groups excluding carboxylic acids is 2. The first kappa shape index (κ1) is 18.7. The standard InChI is InChI=1S/C17H17ClN2O2S2/c18-13-7-5-12(6-8-13)9-23-11-17(22)20-14-3-1-2-4-15(14)24-10-16(19)21/h1-8H,9-11H2,(H2,19,21)(H,20,22). The zero-order valence-electron chi connectivity index (χ0n) is 12.8. The summed E-state index contributed by atoms with van der Waals surface area (Å²) in [6.45, 7) is 0. The summed E-state index contributed by atoms with van der Waals surface area (Å²) in [6.07, 6.45) is 0. The number of primary amides is 1. The quantitative estimate of drug-likeness (QED) is 0.683. The molecule has 0 unspecified atom stereocenters. The fraction of sp³-hybridized carbons (Fsp3) is 0.176. The molecule has 0 spiro atoms. The Kier molecular flexibility index (Phi) is 7.49. The maximum Gasteiger partial charge on any atom is 0.234 e. The number of amides is 2. The summed E-state index contributed by atoms with van der Waals surface area (Å²) in [7, 11) is 0. The number of hydrogen-bond acceptors (Lipinski definition) is 4. The van der Waals surface area contributed by atoms with Crippen LogP contribution in [-0.2, 0) is 15.3 Å². The first-order valence-electron chi connectivity index (χ1n) is 7.17. The molecule has 2 aromatic rings. The number of para-hydroxylation sites is 1. The van der Waals surface area contributed by atoms with Gasteiger partial charge in [0, 0.05) is 15.7 Å². The van der Waals surface area contributed by atoms with Gasteiger partial charge in [0.15, 0.2) is 0 Å². The summed E-state index contributed by atoms with van der Waals surface area (Å²) >= 11 is 8.68. The molecule has 4 nitrogen and oxygen atoms in total. The molecule has 0 bridgehead atoms. The van der Waals surface area contributed by atoms with E-state index >= 15 is 0 Å². The first-order chi connectivity index (χ1) is 11.5. The Morgan fingerprint density at radius 2 is 1.75 bits per heavy atom. The monoisotopic (exact) mass is 380 g/mol. The zero-order chi connectivity index (χ0) is 17.4. The molecule has 0 aliphatic heterocycles. The molecular formula is C17H17ClN2O2S2. The van der Waals surface area contributed by atoms with Gasteiger partial charge in [0.25, 0.3) is 0 Å². The molecule has 0 aliphatic rings. The summed E-state index contributed by atoms with van der Waals surface area (Å²) in [4.78, 5) is 23.8. The first-order valence-corrected chi connectivity index (χ1v) is 9.68. The number of rotatable bonds is 8. The van der Waals surface area contributed by atoms with Crippen LogP contribution < -0.4 is 11.1 Å². The van der Waals surface area contributed by atoms with E-state index < -0.39 is 0 Å². The van der Waals surface area contributed by atoms with Gasteiger partial charge in [-0.1, -0.05) is 35.9 Å². The van der Waals surface area contributed by atoms with Crippen LogP contribution in [-0.4, -0.2) is 23.3 Å². The van der Waals surface area contributed by atoms with Crippen molar-refractivity contribution in [2.75, 3.05) is 16.8 Å². The second-order valence-corrected chi connectivity index (χ2v) is 7.36. The van der Waals surface area contributed by atoms with Crippen LogP contribution in [0.3, 0.4) is 0 Å². The molecule has 0 aliphatic carbocycles. The Bertz CT molecular complexity index is 708. The van der Waals surface area contributed by atoms with Gasteiger partial charge in [-0.15, -0.1) is 23.5 Å². The van der Waals surface area contributed by atoms with Crippen molar-refractivity contribution < 1.29 is 9.59 Å². The van der Waals surface area contributed by atoms with Crippen LogP contribution in [0.25, 0.3) is 0 Å². The Labute approximate surface area is 154 Å². The summed E-state index contributed by atoms with van der Waals surface area (Å²) in [5.74, 6) is 0.791. The molecule has 0 radical (unpaired) electrons. The fourth-order valence-electron chi connectivity index (χ4n) is 1.87. The lowest BCUT2D eigenvalue weighted by atomic mass is 10.2. The number of carbonyl (C=O) groups is 2. The van der Waals surface area contributed by atoms with Gasteiger partial charge in [0.2, 0.25) is 11.8 Å². The SMILES string of the molecule is NC(=O)CSc1ccccc1NC(=O)CSCc1ccc(Cl)cc1. The van der Waals surface area contributed by atoms with Gasteiger partial charge >= 0.3 is 0 Å². The van der Waals surface area contributed by atoms with Crippen molar-refractivity contribution in [3.05, 3.63) is 59.1 Å². The topological polar surface area (TPSA) is 72.2 Å². The molecule has 0 atom stereocenters. The number of nitrogens with two attached hydrogens (primary N) is 1. The number of hydrogen-bond donors (Lipinski definition) is 2. The second-order valence-electron chi connectivity index (χ2n) is 4.92. The van der Waals surface area contributed by atoms with Crippen molar-refractivity contribution in [2.45, 2.75) is 10.6 Å². The highest BCUT2D eigenvalue weighted by Gasteiger charge is 2.08. The third kappa shape index (κ3) is 6.47. The lowest BCUT2D eigenvalue weighted by Gasteiger charge is -2.10. The van der Waals surface area contributed by atoms with E-state index in [1.165, 1.54) is 23.5 Å². The number of halogens is 1. The number of benzene rings is 2. The largest absolute Gasteiger partial charge is 0.369 e. The van der Waals surface area contributed by atoms with Gasteiger partial charge in [-0.25, -0.2) is 0 Å². The minimum atomic E-state index is -0.389. The maximum absolute atomic E-state index is 12.1. The average Bonchev–Trinajstić information content (AvgIpc) is 2.56. The van der Waals surface area contributed by atoms with E-state index in [4.69, 9.17) is 17.3 Å². The van der Waals surface area contributed by atoms with Crippen LogP contribution in [0.4, 0.5) is 5.69 Å². The molecule has 126 valence electrons. The van der Waals surface area contributed by atoms with E-state index in [-0.39, 0.29) is 17.6 Å². The van der Waals surface area contributed by atoms with E-state index in [2.05, 4.69) is 5.32 Å². The minimum Gasteiger partial charge on any atom is -0.369 e. The van der Waals surface area contributed by atoms with Gasteiger partial charge in [-0.3, -0.25) is 9.59 Å². The van der Waals surface area contributed by atoms with Crippen molar-refractivity contribution in [2.24, 2.45) is 5.73 Å². The van der Waals surface area contributed by atoms with E-state index in [0.717, 1.165) is 16.2 Å². The van der Waals surface area contributed by atoms with Gasteiger partial charge in [-0.05, 0) is 29.8 Å². The summed E-state index contributed by atoms with van der Waals surface area (Å²) < 4.78 is 0. The normalized spacial score (nSPS) is 10.4. The Morgan fingerprint density at radius 1 is 1.04 bits per heavy atom. The molecule has 7 heteroatoms. The van der Waals surface area contributed by atoms with Crippen molar-refractivity contribution in [1.29, 1.82) is 0 Å². The third-order valence-corrected chi connectivity index (χ3v) is 5.30. The van der Waals surface area contributed by atoms with Crippen LogP contribution in [0.5, 0.6) is 0 Å². The average molecular weight is 381 g/mol. The highest BCUT2D eigenvalue weighted by molar-refractivity contribution is 8.00. The van der Waals surface area contributed by atoms with Crippen LogP contribution in [0.2, 0.25) is 5.02 Å². The van der Waals surface area contributed by atoms with E-state index in [9.17, 15) is 9.59 Å². The Balaban J connectivity index is 1.83. The molecule has 0 heterocycles. The Morgan fingerprint density at radius 3 is 2.46 bits per heavy atom. The highest BCUT2D eigenvalue weighted by Crippen LogP contribution is 2.27. The summed E-state index contributed by atoms with van der Waals surface area (Å²) in [5.41, 5.74) is 6.98. The lowest BCUT2D eigenvalue weighted by Crippen LogP contribution is -2.16. The van der Waals surface area contributed by atoms with Crippen molar-refractivity contribution in [1.82, 2.24) is 0 Å². The van der Waals surface area contributed by atoms with Crippen LogP contribution >= 0.6 is 35.1 Å². The maximum atomic E-state index is 12.1. The fourth-order valence-corrected chi connectivity index (χ4v) is 3.53. The Hall–Kier alpha value is -1.63. The van der Waals surface area contributed by atoms with E-state index in [1.54, 1.807) is 0 Å². The van der Waals surface area contributed by atoms with E-state index in [0.29, 0.717) is 16.5 Å². The molecule has 0 saturated heterocycles. The minimum absolute atomic E-state index is 0.0823. The number of nitrogens with one attached hydrogen (secondary N) is 1. The van der Waals surface area contributed by atoms with Crippen molar-refractivity contribution >= 4 is 52.6 Å². The van der Waals surface area contributed by atoms with E-state index in [1.807, 2.05) is 48.5 Å². The van der Waals surface area contributed by atoms with Gasteiger partial charge < -0.3 is 11.1 Å². The lowest BCUT2D eigenvalue weighted by molar-refractivity contribution is -0.115. The van der Waals surface area contributed by atoms with Crippen LogP contribution in [0.1, 0.15) is 5.56 Å². The highest BCUT2D eigenvalue weighted by atomic mass is 35.5. The van der Waals surface area contributed by atoms with Crippen molar-refractivity contribution in [3.8, 4) is 0 Å². The molecule has 0 aromatic heterocycles. The van der Waals surface area contributed by atoms with Gasteiger partial charge in [-0.2, -0.15) is 0 Å². The number of anilines is 1. The molecule has 2 amide bonds. The van der Waals surface area contributed by atoms with Crippen molar-refractivity contribution in [3.63, 3.8) is 0 Å². The zero-order valence-corrected chi connectivity index (χ0v) is 15.2. The van der Waals surface area contributed by atoms with Gasteiger partial charge in [0.1, 0.15) is 0 Å². The molecule has 24 heavy (non-hydrogen) atoms.